The Labute approximate surface area is 266 Å². The smallest absolute Gasteiger partial charge is 0.264 e. The molecule has 0 aromatic heterocycles. The van der Waals surface area contributed by atoms with Gasteiger partial charge in [-0.05, 0) is 79.4 Å². The summed E-state index contributed by atoms with van der Waals surface area (Å²) < 4.78 is 28.8. The van der Waals surface area contributed by atoms with Gasteiger partial charge in [0.15, 0.2) is 0 Å². The van der Waals surface area contributed by atoms with E-state index in [9.17, 15) is 18.0 Å². The van der Waals surface area contributed by atoms with E-state index in [0.717, 1.165) is 30.0 Å². The molecule has 42 heavy (non-hydrogen) atoms. The van der Waals surface area contributed by atoms with Crippen LogP contribution in [0.5, 0.6) is 0 Å². The van der Waals surface area contributed by atoms with Crippen LogP contribution in [0.15, 0.2) is 71.6 Å². The summed E-state index contributed by atoms with van der Waals surface area (Å²) in [6.07, 6.45) is 4.11. The zero-order chi connectivity index (χ0) is 30.4. The van der Waals surface area contributed by atoms with E-state index >= 15 is 0 Å². The number of benzene rings is 3. The molecule has 4 rings (SSSR count). The first-order valence-electron chi connectivity index (χ1n) is 13.6. The molecule has 1 fully saturated rings. The van der Waals surface area contributed by atoms with E-state index in [1.807, 2.05) is 6.92 Å². The standard InChI is InChI=1S/C30H31Cl4N3O4S/c1-2-28(30(39)35-24-7-3-4-8-24)36(18-20-10-11-23(33)17-27(20)34)29(38)19-37(25-9-5-6-22(32)16-25)42(40,41)26-14-12-21(31)13-15-26/h5-6,9-17,24,28H,2-4,7-8,18-19H2,1H3,(H,35,39)/t28-/m1/s1. The Balaban J connectivity index is 1.73. The molecule has 0 radical (unpaired) electrons. The molecule has 1 saturated carbocycles. The predicted molar refractivity (Wildman–Crippen MR) is 169 cm³/mol. The van der Waals surface area contributed by atoms with E-state index in [4.69, 9.17) is 46.4 Å². The maximum atomic E-state index is 14.2. The average Bonchev–Trinajstić information content (AvgIpc) is 3.45. The van der Waals surface area contributed by atoms with Crippen LogP contribution in [-0.2, 0) is 26.2 Å². The van der Waals surface area contributed by atoms with Crippen molar-refractivity contribution < 1.29 is 18.0 Å². The van der Waals surface area contributed by atoms with Gasteiger partial charge in [-0.2, -0.15) is 0 Å². The highest BCUT2D eigenvalue weighted by Gasteiger charge is 2.35. The minimum atomic E-state index is -4.25. The summed E-state index contributed by atoms with van der Waals surface area (Å²) >= 11 is 24.8. The van der Waals surface area contributed by atoms with Gasteiger partial charge in [0.1, 0.15) is 12.6 Å². The molecule has 3 aromatic carbocycles. The molecule has 7 nitrogen and oxygen atoms in total. The highest BCUT2D eigenvalue weighted by atomic mass is 35.5. The van der Waals surface area contributed by atoms with Crippen LogP contribution in [0, 0.1) is 0 Å². The van der Waals surface area contributed by atoms with Gasteiger partial charge in [0.2, 0.25) is 11.8 Å². The van der Waals surface area contributed by atoms with E-state index in [-0.39, 0.29) is 29.1 Å². The third-order valence-corrected chi connectivity index (χ3v) is 10.1. The molecule has 0 bridgehead atoms. The fourth-order valence-electron chi connectivity index (χ4n) is 5.01. The van der Waals surface area contributed by atoms with Crippen LogP contribution < -0.4 is 9.62 Å². The largest absolute Gasteiger partial charge is 0.352 e. The van der Waals surface area contributed by atoms with E-state index in [1.165, 1.54) is 35.2 Å². The van der Waals surface area contributed by atoms with Crippen LogP contribution in [0.3, 0.4) is 0 Å². The van der Waals surface area contributed by atoms with Crippen molar-refractivity contribution in [3.63, 3.8) is 0 Å². The summed E-state index contributed by atoms with van der Waals surface area (Å²) in [6, 6.07) is 15.9. The summed E-state index contributed by atoms with van der Waals surface area (Å²) in [4.78, 5) is 29.0. The number of carbonyl (C=O) groups excluding carboxylic acids is 2. The van der Waals surface area contributed by atoms with Crippen LogP contribution in [0.25, 0.3) is 0 Å². The van der Waals surface area contributed by atoms with Gasteiger partial charge in [-0.15, -0.1) is 0 Å². The number of anilines is 1. The van der Waals surface area contributed by atoms with E-state index in [0.29, 0.717) is 32.1 Å². The minimum Gasteiger partial charge on any atom is -0.352 e. The van der Waals surface area contributed by atoms with Crippen LogP contribution in [-0.4, -0.2) is 43.8 Å². The number of rotatable bonds is 11. The Morgan fingerprint density at radius 2 is 1.55 bits per heavy atom. The van der Waals surface area contributed by atoms with Crippen LogP contribution in [0.2, 0.25) is 20.1 Å². The Hall–Kier alpha value is -2.49. The molecule has 0 aliphatic heterocycles. The maximum absolute atomic E-state index is 14.2. The lowest BCUT2D eigenvalue weighted by molar-refractivity contribution is -0.140. The molecule has 0 spiro atoms. The number of nitrogens with one attached hydrogen (secondary N) is 1. The third-order valence-electron chi connectivity index (χ3n) is 7.22. The number of halogens is 4. The third kappa shape index (κ3) is 7.91. The summed E-state index contributed by atoms with van der Waals surface area (Å²) in [6.45, 7) is 1.18. The molecule has 1 aliphatic carbocycles. The van der Waals surface area contributed by atoms with Crippen molar-refractivity contribution in [2.75, 3.05) is 10.8 Å². The fourth-order valence-corrected chi connectivity index (χ4v) is 7.20. The van der Waals surface area contributed by atoms with Gasteiger partial charge in [0.25, 0.3) is 10.0 Å². The number of carbonyl (C=O) groups is 2. The fraction of sp³-hybridized carbons (Fsp3) is 0.333. The molecule has 3 aromatic rings. The second-order valence-corrected chi connectivity index (χ2v) is 13.7. The first-order valence-corrected chi connectivity index (χ1v) is 16.5. The molecular formula is C30H31Cl4N3O4S. The molecular weight excluding hydrogens is 640 g/mol. The maximum Gasteiger partial charge on any atom is 0.264 e. The van der Waals surface area contributed by atoms with Crippen LogP contribution >= 0.6 is 46.4 Å². The van der Waals surface area contributed by atoms with Crippen molar-refractivity contribution in [1.29, 1.82) is 0 Å². The molecule has 0 saturated heterocycles. The van der Waals surface area contributed by atoms with Gasteiger partial charge in [-0.1, -0.05) is 78.3 Å². The molecule has 224 valence electrons. The number of nitrogens with zero attached hydrogens (tertiary/aromatic N) is 2. The first-order chi connectivity index (χ1) is 20.0. The minimum absolute atomic E-state index is 0.0319. The van der Waals surface area contributed by atoms with E-state index < -0.39 is 28.5 Å². The molecule has 1 aliphatic rings. The summed E-state index contributed by atoms with van der Waals surface area (Å²) in [5.41, 5.74) is 0.759. The van der Waals surface area contributed by atoms with E-state index in [1.54, 1.807) is 36.4 Å². The van der Waals surface area contributed by atoms with Crippen molar-refractivity contribution in [2.45, 2.75) is 62.6 Å². The average molecular weight is 671 g/mol. The summed E-state index contributed by atoms with van der Waals surface area (Å²) in [5.74, 6) is -0.885. The molecule has 0 unspecified atom stereocenters. The van der Waals surface area contributed by atoms with Gasteiger partial charge in [0.05, 0.1) is 10.6 Å². The highest BCUT2D eigenvalue weighted by Crippen LogP contribution is 2.29. The highest BCUT2D eigenvalue weighted by molar-refractivity contribution is 7.92. The molecule has 0 heterocycles. The summed E-state index contributed by atoms with van der Waals surface area (Å²) in [5, 5.41) is 4.49. The normalized spacial score (nSPS) is 14.4. The lowest BCUT2D eigenvalue weighted by Gasteiger charge is -2.34. The predicted octanol–water partition coefficient (Wildman–Crippen LogP) is 7.36. The number of sulfonamides is 1. The topological polar surface area (TPSA) is 86.8 Å². The lowest BCUT2D eigenvalue weighted by Crippen LogP contribution is -2.53. The van der Waals surface area contributed by atoms with Crippen LogP contribution in [0.1, 0.15) is 44.6 Å². The Morgan fingerprint density at radius 1 is 0.905 bits per heavy atom. The molecule has 12 heteroatoms. The van der Waals surface area contributed by atoms with Gasteiger partial charge in [-0.25, -0.2) is 8.42 Å². The second kappa shape index (κ2) is 14.3. The first kappa shape index (κ1) is 32.4. The molecule has 2 amide bonds. The van der Waals surface area contributed by atoms with E-state index in [2.05, 4.69) is 5.32 Å². The second-order valence-electron chi connectivity index (χ2n) is 10.1. The zero-order valence-corrected chi connectivity index (χ0v) is 26.7. The molecule has 1 atom stereocenters. The van der Waals surface area contributed by atoms with Crippen molar-refractivity contribution >= 4 is 73.9 Å². The number of amides is 2. The monoisotopic (exact) mass is 669 g/mol. The van der Waals surface area contributed by atoms with Crippen molar-refractivity contribution in [3.8, 4) is 0 Å². The SMILES string of the molecule is CC[C@H](C(=O)NC1CCCC1)N(Cc1ccc(Cl)cc1Cl)C(=O)CN(c1cccc(Cl)c1)S(=O)(=O)c1ccc(Cl)cc1. The number of hydrogen-bond acceptors (Lipinski definition) is 4. The van der Waals surface area contributed by atoms with Gasteiger partial charge in [0, 0.05) is 32.7 Å². The Morgan fingerprint density at radius 3 is 2.17 bits per heavy atom. The zero-order valence-electron chi connectivity index (χ0n) is 22.9. The quantitative estimate of drug-likeness (QED) is 0.231. The van der Waals surface area contributed by atoms with Gasteiger partial charge in [-0.3, -0.25) is 13.9 Å². The summed E-state index contributed by atoms with van der Waals surface area (Å²) in [7, 11) is -4.25. The van der Waals surface area contributed by atoms with Crippen molar-refractivity contribution in [2.24, 2.45) is 0 Å². The Bertz CT molecular complexity index is 1530. The number of hydrogen-bond donors (Lipinski definition) is 1. The van der Waals surface area contributed by atoms with Gasteiger partial charge < -0.3 is 10.2 Å². The van der Waals surface area contributed by atoms with Gasteiger partial charge >= 0.3 is 0 Å². The van der Waals surface area contributed by atoms with Crippen LogP contribution in [0.4, 0.5) is 5.69 Å². The van der Waals surface area contributed by atoms with Crippen molar-refractivity contribution in [3.05, 3.63) is 92.4 Å². The Kier molecular flexibility index (Phi) is 11.1. The van der Waals surface area contributed by atoms with Crippen molar-refractivity contribution in [1.82, 2.24) is 10.2 Å². The molecule has 1 N–H and O–H groups in total. The lowest BCUT2D eigenvalue weighted by atomic mass is 10.1.